The molecule has 1 aliphatic heterocycles. The van der Waals surface area contributed by atoms with Gasteiger partial charge in [-0.1, -0.05) is 12.1 Å². The zero-order chi connectivity index (χ0) is 16.4. The number of carbonyl (C=O) groups excluding carboxylic acids is 1. The van der Waals surface area contributed by atoms with Crippen molar-refractivity contribution in [2.45, 2.75) is 6.29 Å². The molecule has 0 radical (unpaired) electrons. The highest BCUT2D eigenvalue weighted by Crippen LogP contribution is 2.24. The summed E-state index contributed by atoms with van der Waals surface area (Å²) >= 11 is 0. The number of nitrogens with one attached hydrogen (secondary N) is 1. The first-order valence-electron chi connectivity index (χ1n) is 6.84. The zero-order valence-corrected chi connectivity index (χ0v) is 11.8. The molecule has 1 amide bonds. The minimum absolute atomic E-state index is 0.376. The van der Waals surface area contributed by atoms with E-state index in [0.717, 1.165) is 11.6 Å². The second-order valence-electron chi connectivity index (χ2n) is 4.87. The molecule has 0 saturated carbocycles. The Bertz CT molecular complexity index is 728. The number of rotatable bonds is 3. The minimum atomic E-state index is -1.68. The fourth-order valence-corrected chi connectivity index (χ4v) is 2.17. The van der Waals surface area contributed by atoms with Crippen LogP contribution in [-0.4, -0.2) is 19.1 Å². The molecule has 1 N–H and O–H groups in total. The Hall–Kier alpha value is -2.38. The Morgan fingerprint density at radius 2 is 1.61 bits per heavy atom. The summed E-state index contributed by atoms with van der Waals surface area (Å²) in [7, 11) is 0. The van der Waals surface area contributed by atoms with Crippen molar-refractivity contribution in [2.24, 2.45) is 0 Å². The highest BCUT2D eigenvalue weighted by atomic mass is 19.2. The first-order chi connectivity index (χ1) is 11.1. The lowest BCUT2D eigenvalue weighted by atomic mass is 10.1. The normalized spacial score (nSPS) is 14.9. The molecule has 0 bridgehead atoms. The van der Waals surface area contributed by atoms with Gasteiger partial charge in [0.2, 0.25) is 0 Å². The van der Waals surface area contributed by atoms with Crippen molar-refractivity contribution in [1.82, 2.24) is 0 Å². The van der Waals surface area contributed by atoms with Gasteiger partial charge in [0, 0.05) is 11.3 Å². The Morgan fingerprint density at radius 3 is 2.26 bits per heavy atom. The van der Waals surface area contributed by atoms with E-state index in [0.29, 0.717) is 25.0 Å². The van der Waals surface area contributed by atoms with Crippen molar-refractivity contribution in [3.63, 3.8) is 0 Å². The highest BCUT2D eigenvalue weighted by Gasteiger charge is 2.20. The Kier molecular flexibility index (Phi) is 4.31. The molecule has 0 atom stereocenters. The summed E-state index contributed by atoms with van der Waals surface area (Å²) in [6, 6.07) is 8.12. The van der Waals surface area contributed by atoms with Gasteiger partial charge >= 0.3 is 0 Å². The van der Waals surface area contributed by atoms with E-state index in [1.54, 1.807) is 24.3 Å². The smallest absolute Gasteiger partial charge is 0.258 e. The van der Waals surface area contributed by atoms with Crippen molar-refractivity contribution in [3.8, 4) is 0 Å². The molecule has 1 fully saturated rings. The van der Waals surface area contributed by atoms with E-state index in [1.807, 2.05) is 0 Å². The van der Waals surface area contributed by atoms with Gasteiger partial charge in [-0.15, -0.1) is 0 Å². The summed E-state index contributed by atoms with van der Waals surface area (Å²) in [6.45, 7) is 1.02. The van der Waals surface area contributed by atoms with Crippen LogP contribution in [0.15, 0.2) is 36.4 Å². The molecule has 7 heteroatoms. The number of ether oxygens (including phenoxy) is 2. The van der Waals surface area contributed by atoms with E-state index < -0.39 is 35.2 Å². The minimum Gasteiger partial charge on any atom is -0.346 e. The van der Waals surface area contributed by atoms with Crippen LogP contribution < -0.4 is 5.32 Å². The molecule has 23 heavy (non-hydrogen) atoms. The number of benzene rings is 2. The van der Waals surface area contributed by atoms with E-state index in [1.165, 1.54) is 0 Å². The fraction of sp³-hybridized carbons (Fsp3) is 0.188. The quantitative estimate of drug-likeness (QED) is 0.881. The van der Waals surface area contributed by atoms with Gasteiger partial charge in [0.05, 0.1) is 18.8 Å². The van der Waals surface area contributed by atoms with Gasteiger partial charge in [0.25, 0.3) is 5.91 Å². The number of carbonyl (C=O) groups is 1. The molecule has 0 spiro atoms. The van der Waals surface area contributed by atoms with Gasteiger partial charge < -0.3 is 14.8 Å². The third-order valence-corrected chi connectivity index (χ3v) is 3.34. The maximum Gasteiger partial charge on any atom is 0.258 e. The Labute approximate surface area is 129 Å². The third kappa shape index (κ3) is 3.20. The van der Waals surface area contributed by atoms with Crippen molar-refractivity contribution < 1.29 is 27.4 Å². The van der Waals surface area contributed by atoms with Crippen LogP contribution in [0.4, 0.5) is 18.9 Å². The average molecular weight is 323 g/mol. The van der Waals surface area contributed by atoms with Crippen LogP contribution in [0.5, 0.6) is 0 Å². The van der Waals surface area contributed by atoms with Gasteiger partial charge in [-0.2, -0.15) is 0 Å². The number of hydrogen-bond acceptors (Lipinski definition) is 3. The summed E-state index contributed by atoms with van der Waals surface area (Å²) in [4.78, 5) is 11.9. The van der Waals surface area contributed by atoms with Crippen LogP contribution in [-0.2, 0) is 9.47 Å². The zero-order valence-electron chi connectivity index (χ0n) is 11.8. The maximum atomic E-state index is 13.6. The van der Waals surface area contributed by atoms with Gasteiger partial charge in [-0.25, -0.2) is 13.2 Å². The molecule has 0 aliphatic carbocycles. The molecule has 0 unspecified atom stereocenters. The lowest BCUT2D eigenvalue weighted by Crippen LogP contribution is -2.15. The predicted molar refractivity (Wildman–Crippen MR) is 75.4 cm³/mol. The van der Waals surface area contributed by atoms with Crippen LogP contribution in [0.25, 0.3) is 0 Å². The molecule has 2 aromatic rings. The van der Waals surface area contributed by atoms with Crippen molar-refractivity contribution >= 4 is 11.6 Å². The van der Waals surface area contributed by atoms with Gasteiger partial charge in [-0.05, 0) is 24.3 Å². The van der Waals surface area contributed by atoms with Crippen molar-refractivity contribution in [1.29, 1.82) is 0 Å². The molecule has 4 nitrogen and oxygen atoms in total. The van der Waals surface area contributed by atoms with E-state index in [-0.39, 0.29) is 0 Å². The van der Waals surface area contributed by atoms with Gasteiger partial charge in [0.1, 0.15) is 0 Å². The summed E-state index contributed by atoms with van der Waals surface area (Å²) in [6.07, 6.45) is -0.441. The number of hydrogen-bond donors (Lipinski definition) is 1. The summed E-state index contributed by atoms with van der Waals surface area (Å²) in [5.74, 6) is -5.42. The first kappa shape index (κ1) is 15.5. The molecule has 120 valence electrons. The van der Waals surface area contributed by atoms with Crippen molar-refractivity contribution in [3.05, 3.63) is 65.0 Å². The average Bonchev–Trinajstić information content (AvgIpc) is 3.08. The summed E-state index contributed by atoms with van der Waals surface area (Å²) < 4.78 is 50.3. The van der Waals surface area contributed by atoms with Gasteiger partial charge in [0.15, 0.2) is 23.7 Å². The van der Waals surface area contributed by atoms with Crippen LogP contribution in [0.3, 0.4) is 0 Å². The van der Waals surface area contributed by atoms with E-state index in [4.69, 9.17) is 9.47 Å². The molecule has 1 aliphatic rings. The molecule has 0 aromatic heterocycles. The molecule has 1 saturated heterocycles. The highest BCUT2D eigenvalue weighted by molar-refractivity contribution is 6.04. The molecule has 1 heterocycles. The van der Waals surface area contributed by atoms with Crippen LogP contribution >= 0.6 is 0 Å². The monoisotopic (exact) mass is 323 g/mol. The first-order valence-corrected chi connectivity index (χ1v) is 6.84. The molecule has 2 aromatic carbocycles. The van der Waals surface area contributed by atoms with Crippen LogP contribution in [0, 0.1) is 17.5 Å². The summed E-state index contributed by atoms with van der Waals surface area (Å²) in [5, 5.41) is 2.41. The maximum absolute atomic E-state index is 13.6. The Balaban J connectivity index is 1.74. The SMILES string of the molecule is O=C(Nc1ccc(C2OCCO2)cc1)c1ccc(F)c(F)c1F. The number of halogens is 3. The van der Waals surface area contributed by atoms with E-state index in [2.05, 4.69) is 5.32 Å². The van der Waals surface area contributed by atoms with E-state index in [9.17, 15) is 18.0 Å². The lowest BCUT2D eigenvalue weighted by Gasteiger charge is -2.11. The number of amides is 1. The van der Waals surface area contributed by atoms with Crippen LogP contribution in [0.2, 0.25) is 0 Å². The molecular formula is C16H12F3NO3. The Morgan fingerprint density at radius 1 is 0.957 bits per heavy atom. The topological polar surface area (TPSA) is 47.6 Å². The van der Waals surface area contributed by atoms with E-state index >= 15 is 0 Å². The third-order valence-electron chi connectivity index (χ3n) is 3.34. The standard InChI is InChI=1S/C16H12F3NO3/c17-12-6-5-11(13(18)14(12)19)15(21)20-10-3-1-9(2-4-10)16-22-7-8-23-16/h1-6,16H,7-8H2,(H,20,21). The van der Waals surface area contributed by atoms with Gasteiger partial charge in [-0.3, -0.25) is 4.79 Å². The predicted octanol–water partition coefficient (Wildman–Crippen LogP) is 3.40. The fourth-order valence-electron chi connectivity index (χ4n) is 2.17. The molecular weight excluding hydrogens is 311 g/mol. The second-order valence-corrected chi connectivity index (χ2v) is 4.87. The van der Waals surface area contributed by atoms with Crippen molar-refractivity contribution in [2.75, 3.05) is 18.5 Å². The largest absolute Gasteiger partial charge is 0.346 e. The number of anilines is 1. The summed E-state index contributed by atoms with van der Waals surface area (Å²) in [5.41, 5.74) is 0.579. The lowest BCUT2D eigenvalue weighted by molar-refractivity contribution is -0.0441. The second kappa shape index (κ2) is 6.39. The molecule has 3 rings (SSSR count). The van der Waals surface area contributed by atoms with Crippen LogP contribution in [0.1, 0.15) is 22.2 Å².